The summed E-state index contributed by atoms with van der Waals surface area (Å²) in [5, 5.41) is 3.07. The fraction of sp³-hybridized carbons (Fsp3) is 0.500. The molecule has 0 aliphatic heterocycles. The second kappa shape index (κ2) is 5.67. The summed E-state index contributed by atoms with van der Waals surface area (Å²) in [4.78, 5) is 12.1. The molecule has 0 unspecified atom stereocenters. The number of carbonyl (C=O) groups is 1. The van der Waals surface area contributed by atoms with Crippen molar-refractivity contribution in [2.45, 2.75) is 46.1 Å². The normalized spacial score (nSPS) is 11.4. The van der Waals surface area contributed by atoms with Gasteiger partial charge in [-0.2, -0.15) is 0 Å². The Hall–Kier alpha value is -0.830. The Morgan fingerprint density at radius 2 is 2.06 bits per heavy atom. The molecule has 1 aromatic carbocycles. The molecule has 0 spiro atoms. The van der Waals surface area contributed by atoms with E-state index in [2.05, 4.69) is 42.0 Å². The summed E-state index contributed by atoms with van der Waals surface area (Å²) in [6, 6.07) is 5.66. The van der Waals surface area contributed by atoms with Crippen LogP contribution in [0.25, 0.3) is 0 Å². The average Bonchev–Trinajstić information content (AvgIpc) is 2.21. The van der Waals surface area contributed by atoms with Crippen LogP contribution in [0.4, 0.5) is 0 Å². The Morgan fingerprint density at radius 3 is 2.59 bits per heavy atom. The molecule has 0 atom stereocenters. The largest absolute Gasteiger partial charge is 0.347 e. The predicted molar refractivity (Wildman–Crippen MR) is 75.3 cm³/mol. The summed E-state index contributed by atoms with van der Waals surface area (Å²) in [7, 11) is 0. The molecular formula is C14H20BrNO. The number of hydrogen-bond donors (Lipinski definition) is 1. The number of halogens is 1. The van der Waals surface area contributed by atoms with Gasteiger partial charge in [0, 0.05) is 15.6 Å². The van der Waals surface area contributed by atoms with Crippen molar-refractivity contribution >= 4 is 21.8 Å². The first kappa shape index (κ1) is 14.2. The molecule has 94 valence electrons. The van der Waals surface area contributed by atoms with E-state index in [9.17, 15) is 4.79 Å². The molecule has 1 rings (SSSR count). The van der Waals surface area contributed by atoms with Crippen LogP contribution in [0, 0.1) is 6.92 Å². The lowest BCUT2D eigenvalue weighted by Gasteiger charge is -2.25. The minimum absolute atomic E-state index is 0.000880. The van der Waals surface area contributed by atoms with Crippen molar-refractivity contribution in [2.24, 2.45) is 0 Å². The van der Waals surface area contributed by atoms with Gasteiger partial charge in [0.2, 0.25) is 0 Å². The maximum atomic E-state index is 12.1. The van der Waals surface area contributed by atoms with Crippen molar-refractivity contribution in [3.63, 3.8) is 0 Å². The molecule has 0 bridgehead atoms. The zero-order valence-electron chi connectivity index (χ0n) is 10.9. The van der Waals surface area contributed by atoms with Crippen molar-refractivity contribution in [3.05, 3.63) is 33.8 Å². The van der Waals surface area contributed by atoms with Crippen molar-refractivity contribution in [1.29, 1.82) is 0 Å². The average molecular weight is 298 g/mol. The van der Waals surface area contributed by atoms with Gasteiger partial charge < -0.3 is 5.32 Å². The van der Waals surface area contributed by atoms with E-state index in [4.69, 9.17) is 0 Å². The van der Waals surface area contributed by atoms with E-state index < -0.39 is 0 Å². The second-order valence-corrected chi connectivity index (χ2v) is 5.91. The van der Waals surface area contributed by atoms with Crippen LogP contribution >= 0.6 is 15.9 Å². The molecule has 0 fully saturated rings. The van der Waals surface area contributed by atoms with E-state index in [1.54, 1.807) is 0 Å². The van der Waals surface area contributed by atoms with Crippen molar-refractivity contribution < 1.29 is 4.79 Å². The summed E-state index contributed by atoms with van der Waals surface area (Å²) in [5.74, 6) is -0.000880. The van der Waals surface area contributed by atoms with E-state index in [1.807, 2.05) is 25.1 Å². The predicted octanol–water partition coefficient (Wildman–Crippen LogP) is 4.07. The summed E-state index contributed by atoms with van der Waals surface area (Å²) >= 11 is 3.43. The topological polar surface area (TPSA) is 29.1 Å². The van der Waals surface area contributed by atoms with Crippen LogP contribution in [0.15, 0.2) is 22.7 Å². The van der Waals surface area contributed by atoms with Gasteiger partial charge in [-0.1, -0.05) is 29.3 Å². The van der Waals surface area contributed by atoms with Gasteiger partial charge in [-0.25, -0.2) is 0 Å². The van der Waals surface area contributed by atoms with Gasteiger partial charge in [0.05, 0.1) is 0 Å². The Labute approximate surface area is 112 Å². The van der Waals surface area contributed by atoms with Crippen LogP contribution in [0.1, 0.15) is 49.5 Å². The van der Waals surface area contributed by atoms with Crippen LogP contribution in [-0.2, 0) is 0 Å². The SMILES string of the molecule is CCCC(C)(C)NC(=O)c1ccc(Br)c(C)c1. The lowest BCUT2D eigenvalue weighted by molar-refractivity contribution is 0.0909. The zero-order chi connectivity index (χ0) is 13.1. The van der Waals surface area contributed by atoms with Crippen molar-refractivity contribution in [3.8, 4) is 0 Å². The van der Waals surface area contributed by atoms with Crippen LogP contribution in [-0.4, -0.2) is 11.4 Å². The monoisotopic (exact) mass is 297 g/mol. The molecule has 0 aliphatic carbocycles. The first-order valence-electron chi connectivity index (χ1n) is 5.94. The second-order valence-electron chi connectivity index (χ2n) is 5.05. The third-order valence-corrected chi connectivity index (χ3v) is 3.64. The van der Waals surface area contributed by atoms with Gasteiger partial charge in [0.1, 0.15) is 0 Å². The highest BCUT2D eigenvalue weighted by atomic mass is 79.9. The lowest BCUT2D eigenvalue weighted by Crippen LogP contribution is -2.43. The van der Waals surface area contributed by atoms with Gasteiger partial charge in [-0.15, -0.1) is 0 Å². The van der Waals surface area contributed by atoms with Gasteiger partial charge in [-0.3, -0.25) is 4.79 Å². The van der Waals surface area contributed by atoms with E-state index in [0.717, 1.165) is 28.4 Å². The first-order chi connectivity index (χ1) is 7.85. The maximum absolute atomic E-state index is 12.1. The Balaban J connectivity index is 2.80. The standard InChI is InChI=1S/C14H20BrNO/c1-5-8-14(3,4)16-13(17)11-6-7-12(15)10(2)9-11/h6-7,9H,5,8H2,1-4H3,(H,16,17). The molecule has 0 aromatic heterocycles. The molecule has 0 heterocycles. The zero-order valence-corrected chi connectivity index (χ0v) is 12.5. The number of rotatable bonds is 4. The van der Waals surface area contributed by atoms with Crippen molar-refractivity contribution in [1.82, 2.24) is 5.32 Å². The van der Waals surface area contributed by atoms with Crippen molar-refractivity contribution in [2.75, 3.05) is 0 Å². The van der Waals surface area contributed by atoms with E-state index in [-0.39, 0.29) is 11.4 Å². The fourth-order valence-electron chi connectivity index (χ4n) is 1.85. The molecular weight excluding hydrogens is 278 g/mol. The quantitative estimate of drug-likeness (QED) is 0.892. The molecule has 1 N–H and O–H groups in total. The highest BCUT2D eigenvalue weighted by molar-refractivity contribution is 9.10. The van der Waals surface area contributed by atoms with Crippen LogP contribution in [0.5, 0.6) is 0 Å². The summed E-state index contributed by atoms with van der Waals surface area (Å²) < 4.78 is 1.03. The Morgan fingerprint density at radius 1 is 1.41 bits per heavy atom. The van der Waals surface area contributed by atoms with E-state index >= 15 is 0 Å². The maximum Gasteiger partial charge on any atom is 0.251 e. The molecule has 0 saturated heterocycles. The summed E-state index contributed by atoms with van der Waals surface area (Å²) in [6.07, 6.45) is 2.04. The fourth-order valence-corrected chi connectivity index (χ4v) is 2.10. The number of hydrogen-bond acceptors (Lipinski definition) is 1. The summed E-state index contributed by atoms with van der Waals surface area (Å²) in [5.41, 5.74) is 1.65. The minimum Gasteiger partial charge on any atom is -0.347 e. The number of nitrogens with one attached hydrogen (secondary N) is 1. The molecule has 0 radical (unpaired) electrons. The molecule has 2 nitrogen and oxygen atoms in total. The number of amides is 1. The lowest BCUT2D eigenvalue weighted by atomic mass is 9.98. The van der Waals surface area contributed by atoms with Gasteiger partial charge in [0.25, 0.3) is 5.91 Å². The highest BCUT2D eigenvalue weighted by Gasteiger charge is 2.20. The number of benzene rings is 1. The van der Waals surface area contributed by atoms with Crippen LogP contribution in [0.3, 0.4) is 0 Å². The Kier molecular flexibility index (Phi) is 4.75. The smallest absolute Gasteiger partial charge is 0.251 e. The molecule has 1 aromatic rings. The minimum atomic E-state index is -0.146. The third-order valence-electron chi connectivity index (χ3n) is 2.75. The molecule has 3 heteroatoms. The third kappa shape index (κ3) is 4.15. The van der Waals surface area contributed by atoms with Gasteiger partial charge in [-0.05, 0) is 51.0 Å². The Bertz CT molecular complexity index is 413. The number of carbonyl (C=O) groups excluding carboxylic acids is 1. The van der Waals surface area contributed by atoms with Crippen LogP contribution < -0.4 is 5.32 Å². The van der Waals surface area contributed by atoms with E-state index in [0.29, 0.717) is 0 Å². The molecule has 1 amide bonds. The molecule has 0 aliphatic rings. The highest BCUT2D eigenvalue weighted by Crippen LogP contribution is 2.18. The summed E-state index contributed by atoms with van der Waals surface area (Å²) in [6.45, 7) is 8.22. The van der Waals surface area contributed by atoms with Gasteiger partial charge >= 0.3 is 0 Å². The van der Waals surface area contributed by atoms with E-state index in [1.165, 1.54) is 0 Å². The first-order valence-corrected chi connectivity index (χ1v) is 6.73. The molecule has 17 heavy (non-hydrogen) atoms. The van der Waals surface area contributed by atoms with Gasteiger partial charge in [0.15, 0.2) is 0 Å². The number of aryl methyl sites for hydroxylation is 1. The molecule has 0 saturated carbocycles. The van der Waals surface area contributed by atoms with Crippen LogP contribution in [0.2, 0.25) is 0 Å².